The Morgan fingerprint density at radius 1 is 0.328 bits per heavy atom. The van der Waals surface area contributed by atoms with E-state index >= 15 is 0 Å². The maximum Gasteiger partial charge on any atom is 0.335 e. The van der Waals surface area contributed by atoms with Crippen LogP contribution in [0.15, 0.2) is 48.5 Å². The van der Waals surface area contributed by atoms with Crippen molar-refractivity contribution in [2.75, 3.05) is 145 Å². The van der Waals surface area contributed by atoms with E-state index in [1.165, 1.54) is 31.2 Å². The minimum absolute atomic E-state index is 0.00846. The summed E-state index contributed by atoms with van der Waals surface area (Å²) in [7, 11) is 0. The third kappa shape index (κ3) is 62.5. The Morgan fingerprint density at radius 3 is 1.10 bits per heavy atom. The Morgan fingerprint density at radius 2 is 0.688 bits per heavy atom. The Bertz CT molecular complexity index is 3450. The van der Waals surface area contributed by atoms with Gasteiger partial charge in [0, 0.05) is 103 Å². The fourth-order valence-corrected chi connectivity index (χ4v) is 12.4. The van der Waals surface area contributed by atoms with E-state index in [0.717, 1.165) is 77.0 Å². The quantitative estimate of drug-likeness (QED) is 0.0284. The molecule has 706 valence electrons. The van der Waals surface area contributed by atoms with Crippen molar-refractivity contribution in [2.45, 2.75) is 244 Å². The lowest BCUT2D eigenvalue weighted by Gasteiger charge is -2.23. The van der Waals surface area contributed by atoms with E-state index in [0.29, 0.717) is 102 Å². The molecule has 0 spiro atoms. The molecule has 0 aromatic heterocycles. The van der Waals surface area contributed by atoms with E-state index in [9.17, 15) is 82.1 Å². The lowest BCUT2D eigenvalue weighted by molar-refractivity contribution is -0.142. The summed E-state index contributed by atoms with van der Waals surface area (Å²) in [4.78, 5) is 184. The van der Waals surface area contributed by atoms with Gasteiger partial charge < -0.3 is 105 Å². The standard InChI is InChI=1S/C89H141N7O29/c1-66(97)69(24-16-18-42-91-83(106)64-123-59-55-119-51-45-94-84(107)65-122-58-52-116-46-22-26-71(98)34-39-75(87(112)113)95-80(103)28-14-10-6-4-8-12-20-48-124-73-35-30-67(31-36-73)85(108)109)60-77(100)70(61-78(101)89(2,3)90)25-17-19-43-92-82(105)63-121-57-53-117-47-23-27-72(99)62-120-56-54-118-50-44-93-79(102)41-40-76(88(114)115)96-81(104)29-15-11-7-5-9-13-21-49-125-74-37-32-68(33-38-74)86(110)111/h30-33,35-38,69-70,75-76H,4-29,34,39-65,90H2,1-3H3,(H,91,106)(H,92,105)(H,93,102)(H,94,107)(H,95,103)(H,96,104)(H,108,109)(H,110,111)(H,112,113)(H,114,115)/t69-,70-,75+,76+/m1/s1. The predicted molar refractivity (Wildman–Crippen MR) is 459 cm³/mol. The molecule has 0 saturated heterocycles. The van der Waals surface area contributed by atoms with E-state index < -0.39 is 59.2 Å². The van der Waals surface area contributed by atoms with Gasteiger partial charge in [0.05, 0.1) is 95.9 Å². The molecule has 0 bridgehead atoms. The number of hydrogen-bond acceptors (Lipinski definition) is 26. The molecule has 12 N–H and O–H groups in total. The minimum atomic E-state index is -1.23. The molecule has 0 aliphatic carbocycles. The van der Waals surface area contributed by atoms with E-state index in [1.807, 2.05) is 0 Å². The third-order valence-electron chi connectivity index (χ3n) is 19.8. The zero-order valence-electron chi connectivity index (χ0n) is 73.7. The summed E-state index contributed by atoms with van der Waals surface area (Å²) in [6.07, 6.45) is 16.5. The van der Waals surface area contributed by atoms with Crippen LogP contribution in [0.5, 0.6) is 11.5 Å². The van der Waals surface area contributed by atoms with Gasteiger partial charge in [-0.2, -0.15) is 0 Å². The Hall–Kier alpha value is -9.27. The van der Waals surface area contributed by atoms with Crippen molar-refractivity contribution in [3.63, 3.8) is 0 Å². The maximum atomic E-state index is 13.7. The maximum absolute atomic E-state index is 13.7. The van der Waals surface area contributed by atoms with Crippen molar-refractivity contribution >= 4 is 88.2 Å². The van der Waals surface area contributed by atoms with Gasteiger partial charge in [-0.05, 0) is 146 Å². The molecule has 36 nitrogen and oxygen atoms in total. The summed E-state index contributed by atoms with van der Waals surface area (Å²) in [6.45, 7) is 7.99. The summed E-state index contributed by atoms with van der Waals surface area (Å²) in [5.74, 6) is -7.60. The van der Waals surface area contributed by atoms with Crippen LogP contribution in [0.4, 0.5) is 0 Å². The molecule has 2 aromatic rings. The molecule has 6 amide bonds. The number of benzene rings is 2. The van der Waals surface area contributed by atoms with Crippen LogP contribution in [-0.4, -0.2) is 271 Å². The molecule has 0 aliphatic heterocycles. The summed E-state index contributed by atoms with van der Waals surface area (Å²) in [5, 5.41) is 53.1. The molecule has 36 heteroatoms. The van der Waals surface area contributed by atoms with Gasteiger partial charge in [-0.1, -0.05) is 77.0 Å². The van der Waals surface area contributed by atoms with E-state index in [2.05, 4.69) is 31.9 Å². The Balaban J connectivity index is 1.42. The smallest absolute Gasteiger partial charge is 0.335 e. The number of hydrogen-bond donors (Lipinski definition) is 11. The molecule has 2 aromatic carbocycles. The number of carbonyl (C=O) groups excluding carboxylic acids is 11. The first kappa shape index (κ1) is 112. The first-order chi connectivity index (χ1) is 60.0. The topological polar surface area (TPSA) is 527 Å². The van der Waals surface area contributed by atoms with Gasteiger partial charge in [-0.25, -0.2) is 19.2 Å². The molecule has 0 unspecified atom stereocenters. The number of aromatic carboxylic acids is 2. The molecular formula is C89H141N7O29. The van der Waals surface area contributed by atoms with E-state index in [4.69, 9.17) is 63.3 Å². The number of carbonyl (C=O) groups is 15. The fourth-order valence-electron chi connectivity index (χ4n) is 12.4. The van der Waals surface area contributed by atoms with Crippen molar-refractivity contribution in [1.82, 2.24) is 31.9 Å². The first-order valence-electron chi connectivity index (χ1n) is 44.1. The van der Waals surface area contributed by atoms with Crippen molar-refractivity contribution in [3.8, 4) is 11.5 Å². The molecule has 0 heterocycles. The number of nitrogens with two attached hydrogens (primary N) is 1. The van der Waals surface area contributed by atoms with Crippen LogP contribution < -0.4 is 47.1 Å². The molecule has 2 rings (SSSR count). The average molecular weight is 1770 g/mol. The monoisotopic (exact) mass is 1770 g/mol. The number of ketones is 5. The lowest BCUT2D eigenvalue weighted by Crippen LogP contribution is -2.43. The van der Waals surface area contributed by atoms with Crippen LogP contribution in [0, 0.1) is 11.8 Å². The predicted octanol–water partition coefficient (Wildman–Crippen LogP) is 7.60. The second-order valence-electron chi connectivity index (χ2n) is 31.2. The molecular weight excluding hydrogens is 1630 g/mol. The number of rotatable bonds is 85. The van der Waals surface area contributed by atoms with Crippen LogP contribution in [0.2, 0.25) is 0 Å². The largest absolute Gasteiger partial charge is 0.494 e. The van der Waals surface area contributed by atoms with E-state index in [-0.39, 0.29) is 253 Å². The molecule has 0 saturated carbocycles. The number of carboxylic acids is 4. The average Bonchev–Trinajstić information content (AvgIpc) is 0.876. The Labute approximate surface area is 734 Å². The van der Waals surface area contributed by atoms with Crippen molar-refractivity contribution in [2.24, 2.45) is 17.6 Å². The Kier molecular flexibility index (Phi) is 64.2. The number of aliphatic carboxylic acids is 2. The molecule has 125 heavy (non-hydrogen) atoms. The minimum Gasteiger partial charge on any atom is -0.494 e. The van der Waals surface area contributed by atoms with Gasteiger partial charge in [0.25, 0.3) is 0 Å². The zero-order valence-corrected chi connectivity index (χ0v) is 73.7. The molecule has 4 atom stereocenters. The zero-order chi connectivity index (χ0) is 91.9. The summed E-state index contributed by atoms with van der Waals surface area (Å²) >= 11 is 0. The number of Topliss-reactive ketones (excluding diaryl/α,β-unsaturated/α-hetero) is 5. The molecule has 0 fully saturated rings. The van der Waals surface area contributed by atoms with Crippen molar-refractivity contribution in [1.29, 1.82) is 0 Å². The van der Waals surface area contributed by atoms with E-state index in [1.54, 1.807) is 38.1 Å². The van der Waals surface area contributed by atoms with Gasteiger partial charge in [-0.15, -0.1) is 0 Å². The SMILES string of the molecule is CC(=O)[C@H](CCCCNC(=O)COCCOCCNC(=O)COCCOCCCC(=O)CC[C@H](NC(=O)CCCCCCCCCOc1ccc(C(=O)O)cc1)C(=O)O)CC(=O)[C@H](CCCCNC(=O)COCCOCCCC(=O)COCCOCCNC(=O)CC[C@H](NC(=O)CCCCCCCCCOc1ccc(C(=O)O)cc1)C(=O)O)CC(=O)C(C)(C)N. The van der Waals surface area contributed by atoms with Crippen molar-refractivity contribution in [3.05, 3.63) is 59.7 Å². The number of unbranched alkanes of at least 4 members (excludes halogenated alkanes) is 14. The van der Waals surface area contributed by atoms with Crippen LogP contribution in [0.25, 0.3) is 0 Å². The second kappa shape index (κ2) is 71.8. The highest BCUT2D eigenvalue weighted by molar-refractivity contribution is 5.94. The highest BCUT2D eigenvalue weighted by atomic mass is 16.5. The fraction of sp³-hybridized carbons (Fsp3) is 0.697. The number of nitrogens with one attached hydrogen (secondary N) is 6. The van der Waals surface area contributed by atoms with Gasteiger partial charge >= 0.3 is 23.9 Å². The first-order valence-corrected chi connectivity index (χ1v) is 44.1. The van der Waals surface area contributed by atoms with Crippen LogP contribution in [0.3, 0.4) is 0 Å². The van der Waals surface area contributed by atoms with Crippen molar-refractivity contribution < 1.29 is 140 Å². The van der Waals surface area contributed by atoms with Gasteiger partial charge in [0.2, 0.25) is 35.4 Å². The summed E-state index contributed by atoms with van der Waals surface area (Å²) in [5.41, 5.74) is 5.32. The van der Waals surface area contributed by atoms with Crippen LogP contribution in [-0.2, 0) is 100 Å². The van der Waals surface area contributed by atoms with Gasteiger partial charge in [0.1, 0.15) is 67.4 Å². The third-order valence-corrected chi connectivity index (χ3v) is 19.8. The number of carboxylic acid groups (broad SMARTS) is 4. The second-order valence-corrected chi connectivity index (χ2v) is 31.2. The van der Waals surface area contributed by atoms with Gasteiger partial charge in [0.15, 0.2) is 11.6 Å². The molecule has 0 radical (unpaired) electrons. The van der Waals surface area contributed by atoms with Gasteiger partial charge in [-0.3, -0.25) is 52.7 Å². The highest BCUT2D eigenvalue weighted by Gasteiger charge is 2.31. The molecule has 0 aliphatic rings. The number of amides is 6. The lowest BCUT2D eigenvalue weighted by atomic mass is 9.82. The van der Waals surface area contributed by atoms with Crippen LogP contribution in [0.1, 0.15) is 247 Å². The van der Waals surface area contributed by atoms with Crippen LogP contribution >= 0.6 is 0 Å². The number of ether oxygens (including phenoxy) is 10. The summed E-state index contributed by atoms with van der Waals surface area (Å²) in [6, 6.07) is 10.2. The summed E-state index contributed by atoms with van der Waals surface area (Å²) < 4.78 is 54.8. The highest BCUT2D eigenvalue weighted by Crippen LogP contribution is 2.25. The normalized spacial score (nSPS) is 12.2.